The van der Waals surface area contributed by atoms with Gasteiger partial charge in [-0.25, -0.2) is 8.42 Å². The molecule has 0 bridgehead atoms. The average molecular weight is 359 g/mol. The third-order valence-corrected chi connectivity index (χ3v) is 6.43. The van der Waals surface area contributed by atoms with Crippen LogP contribution in [0.5, 0.6) is 11.5 Å². The lowest BCUT2D eigenvalue weighted by Crippen LogP contribution is -2.32. The number of rotatable bonds is 5. The Morgan fingerprint density at radius 1 is 1.00 bits per heavy atom. The van der Waals surface area contributed by atoms with Crippen LogP contribution in [0.1, 0.15) is 24.0 Å². The number of nitrogens with zero attached hydrogens (tertiary/aromatic N) is 1. The van der Waals surface area contributed by atoms with Gasteiger partial charge in [0.15, 0.2) is 11.5 Å². The minimum atomic E-state index is -3.58. The van der Waals surface area contributed by atoms with Crippen molar-refractivity contribution in [3.8, 4) is 11.5 Å². The predicted octanol–water partition coefficient (Wildman–Crippen LogP) is 3.12. The highest BCUT2D eigenvalue weighted by Gasteiger charge is 2.38. The fourth-order valence-corrected chi connectivity index (χ4v) is 4.65. The molecule has 0 amide bonds. The van der Waals surface area contributed by atoms with Crippen LogP contribution in [0.2, 0.25) is 0 Å². The first-order chi connectivity index (χ1) is 12.0. The van der Waals surface area contributed by atoms with Crippen molar-refractivity contribution in [1.29, 1.82) is 0 Å². The van der Waals surface area contributed by atoms with Gasteiger partial charge in [0.25, 0.3) is 0 Å². The number of benzene rings is 2. The normalized spacial score (nSPS) is 16.9. The molecule has 0 unspecified atom stereocenters. The first-order valence-electron chi connectivity index (χ1n) is 8.51. The molecular formula is C19H21NO4S. The highest BCUT2D eigenvalue weighted by Crippen LogP contribution is 2.37. The molecule has 0 aromatic heterocycles. The lowest BCUT2D eigenvalue weighted by molar-refractivity contribution is 0.171. The average Bonchev–Trinajstić information content (AvgIpc) is 3.45. The standard InChI is InChI=1S/C19H21NO4S/c1-14-2-4-15(5-3-14)13-20(16-6-7-16)25(21,22)17-8-9-18-19(12-17)24-11-10-23-18/h2-5,8-9,12,16H,6-7,10-11,13H2,1H3. The van der Waals surface area contributed by atoms with Gasteiger partial charge in [-0.3, -0.25) is 0 Å². The summed E-state index contributed by atoms with van der Waals surface area (Å²) in [6.45, 7) is 3.34. The van der Waals surface area contributed by atoms with E-state index in [-0.39, 0.29) is 10.9 Å². The van der Waals surface area contributed by atoms with Gasteiger partial charge >= 0.3 is 0 Å². The molecule has 25 heavy (non-hydrogen) atoms. The van der Waals surface area contributed by atoms with Gasteiger partial charge in [-0.15, -0.1) is 0 Å². The van der Waals surface area contributed by atoms with E-state index >= 15 is 0 Å². The zero-order valence-corrected chi connectivity index (χ0v) is 15.0. The molecule has 1 heterocycles. The highest BCUT2D eigenvalue weighted by atomic mass is 32.2. The van der Waals surface area contributed by atoms with Crippen LogP contribution in [0.3, 0.4) is 0 Å². The monoisotopic (exact) mass is 359 g/mol. The predicted molar refractivity (Wildman–Crippen MR) is 94.4 cm³/mol. The number of hydrogen-bond acceptors (Lipinski definition) is 4. The van der Waals surface area contributed by atoms with E-state index in [1.165, 1.54) is 0 Å². The van der Waals surface area contributed by atoms with Crippen LogP contribution in [-0.4, -0.2) is 32.0 Å². The van der Waals surface area contributed by atoms with Gasteiger partial charge in [0, 0.05) is 18.7 Å². The van der Waals surface area contributed by atoms with Crippen LogP contribution in [0, 0.1) is 6.92 Å². The Morgan fingerprint density at radius 3 is 2.36 bits per heavy atom. The third-order valence-electron chi connectivity index (χ3n) is 4.53. The van der Waals surface area contributed by atoms with Gasteiger partial charge in [-0.05, 0) is 37.5 Å². The fourth-order valence-electron chi connectivity index (χ4n) is 2.97. The van der Waals surface area contributed by atoms with E-state index in [1.807, 2.05) is 31.2 Å². The van der Waals surface area contributed by atoms with Crippen molar-refractivity contribution in [1.82, 2.24) is 4.31 Å². The fraction of sp³-hybridized carbons (Fsp3) is 0.368. The minimum Gasteiger partial charge on any atom is -0.486 e. The second kappa shape index (κ2) is 6.35. The van der Waals surface area contributed by atoms with Gasteiger partial charge < -0.3 is 9.47 Å². The van der Waals surface area contributed by atoms with Gasteiger partial charge in [0.2, 0.25) is 10.0 Å². The summed E-state index contributed by atoms with van der Waals surface area (Å²) in [6, 6.07) is 12.9. The van der Waals surface area contributed by atoms with Crippen LogP contribution in [0.25, 0.3) is 0 Å². The van der Waals surface area contributed by atoms with E-state index < -0.39 is 10.0 Å². The Morgan fingerprint density at radius 2 is 1.68 bits per heavy atom. The Balaban J connectivity index is 1.65. The topological polar surface area (TPSA) is 55.8 Å². The molecule has 4 rings (SSSR count). The molecule has 1 fully saturated rings. The van der Waals surface area contributed by atoms with E-state index in [4.69, 9.17) is 9.47 Å². The molecule has 2 aromatic rings. The van der Waals surface area contributed by atoms with Crippen LogP contribution in [0.4, 0.5) is 0 Å². The molecule has 0 radical (unpaired) electrons. The van der Waals surface area contributed by atoms with Crippen LogP contribution in [0.15, 0.2) is 47.4 Å². The van der Waals surface area contributed by atoms with Crippen LogP contribution in [-0.2, 0) is 16.6 Å². The number of ether oxygens (including phenoxy) is 2. The van der Waals surface area contributed by atoms with Gasteiger partial charge in [0.05, 0.1) is 4.90 Å². The van der Waals surface area contributed by atoms with Crippen molar-refractivity contribution in [2.45, 2.75) is 37.2 Å². The molecule has 0 atom stereocenters. The van der Waals surface area contributed by atoms with Crippen molar-refractivity contribution in [2.24, 2.45) is 0 Å². The highest BCUT2D eigenvalue weighted by molar-refractivity contribution is 7.89. The van der Waals surface area contributed by atoms with E-state index in [0.717, 1.165) is 24.0 Å². The SMILES string of the molecule is Cc1ccc(CN(C2CC2)S(=O)(=O)c2ccc3c(c2)OCCO3)cc1. The Bertz CT molecular complexity index is 873. The van der Waals surface area contributed by atoms with E-state index in [1.54, 1.807) is 22.5 Å². The Hall–Kier alpha value is -2.05. The molecular weight excluding hydrogens is 338 g/mol. The van der Waals surface area contributed by atoms with Crippen molar-refractivity contribution >= 4 is 10.0 Å². The second-order valence-corrected chi connectivity index (χ2v) is 8.46. The van der Waals surface area contributed by atoms with Gasteiger partial charge in [-0.2, -0.15) is 4.31 Å². The Labute approximate surface area is 148 Å². The summed E-state index contributed by atoms with van der Waals surface area (Å²) in [5.74, 6) is 1.10. The molecule has 0 N–H and O–H groups in total. The quantitative estimate of drug-likeness (QED) is 0.823. The maximum Gasteiger partial charge on any atom is 0.243 e. The molecule has 1 aliphatic heterocycles. The van der Waals surface area contributed by atoms with Gasteiger partial charge in [0.1, 0.15) is 13.2 Å². The Kier molecular flexibility index (Phi) is 4.17. The van der Waals surface area contributed by atoms with Gasteiger partial charge in [-0.1, -0.05) is 29.8 Å². The molecule has 2 aromatic carbocycles. The zero-order chi connectivity index (χ0) is 17.4. The largest absolute Gasteiger partial charge is 0.486 e. The molecule has 2 aliphatic rings. The molecule has 6 heteroatoms. The maximum atomic E-state index is 13.2. The molecule has 5 nitrogen and oxygen atoms in total. The molecule has 0 saturated heterocycles. The molecule has 0 spiro atoms. The van der Waals surface area contributed by atoms with Crippen LogP contribution >= 0.6 is 0 Å². The van der Waals surface area contributed by atoms with E-state index in [2.05, 4.69) is 0 Å². The summed E-state index contributed by atoms with van der Waals surface area (Å²) >= 11 is 0. The molecule has 1 aliphatic carbocycles. The maximum absolute atomic E-state index is 13.2. The number of sulfonamides is 1. The second-order valence-electron chi connectivity index (χ2n) is 6.57. The lowest BCUT2D eigenvalue weighted by Gasteiger charge is -2.24. The van der Waals surface area contributed by atoms with Crippen LogP contribution < -0.4 is 9.47 Å². The summed E-state index contributed by atoms with van der Waals surface area (Å²) in [5, 5.41) is 0. The van der Waals surface area contributed by atoms with Crippen molar-refractivity contribution in [2.75, 3.05) is 13.2 Å². The number of hydrogen-bond donors (Lipinski definition) is 0. The first kappa shape index (κ1) is 16.4. The first-order valence-corrected chi connectivity index (χ1v) is 9.95. The van der Waals surface area contributed by atoms with Crippen molar-refractivity contribution in [3.63, 3.8) is 0 Å². The van der Waals surface area contributed by atoms with Crippen molar-refractivity contribution in [3.05, 3.63) is 53.6 Å². The number of fused-ring (bicyclic) bond motifs is 1. The summed E-state index contributed by atoms with van der Waals surface area (Å²) in [6.07, 6.45) is 1.82. The summed E-state index contributed by atoms with van der Waals surface area (Å²) < 4.78 is 39.0. The lowest BCUT2D eigenvalue weighted by atomic mass is 10.1. The smallest absolute Gasteiger partial charge is 0.243 e. The summed E-state index contributed by atoms with van der Waals surface area (Å²) in [4.78, 5) is 0.260. The summed E-state index contributed by atoms with van der Waals surface area (Å²) in [7, 11) is -3.58. The molecule has 132 valence electrons. The summed E-state index contributed by atoms with van der Waals surface area (Å²) in [5.41, 5.74) is 2.16. The van der Waals surface area contributed by atoms with Crippen molar-refractivity contribution < 1.29 is 17.9 Å². The van der Waals surface area contributed by atoms with E-state index in [0.29, 0.717) is 31.3 Å². The minimum absolute atomic E-state index is 0.0829. The zero-order valence-electron chi connectivity index (χ0n) is 14.1. The molecule has 1 saturated carbocycles. The number of aryl methyl sites for hydroxylation is 1. The third kappa shape index (κ3) is 3.37. The van der Waals surface area contributed by atoms with E-state index in [9.17, 15) is 8.42 Å².